The lowest BCUT2D eigenvalue weighted by atomic mass is 10.3. The zero-order valence-corrected chi connectivity index (χ0v) is 12.0. The van der Waals surface area contributed by atoms with Gasteiger partial charge in [0.25, 0.3) is 0 Å². The number of rotatable bonds is 3. The number of benzene rings is 1. The zero-order chi connectivity index (χ0) is 11.6. The molecular weight excluding hydrogens is 247 g/mol. The lowest BCUT2D eigenvalue weighted by Gasteiger charge is -2.21. The second kappa shape index (κ2) is 4.77. The minimum atomic E-state index is -1.53. The van der Waals surface area contributed by atoms with Gasteiger partial charge >= 0.3 is 0 Å². The molecule has 0 radical (unpaired) electrons. The van der Waals surface area contributed by atoms with E-state index in [1.807, 2.05) is 19.1 Å². The third kappa shape index (κ3) is 2.89. The molecule has 0 aromatic heterocycles. The molecule has 15 heavy (non-hydrogen) atoms. The summed E-state index contributed by atoms with van der Waals surface area (Å²) in [5.74, 6) is 0.737. The quantitative estimate of drug-likeness (QED) is 0.750. The van der Waals surface area contributed by atoms with Gasteiger partial charge < -0.3 is 4.74 Å². The van der Waals surface area contributed by atoms with Crippen LogP contribution < -0.4 is 9.92 Å². The first-order valence-corrected chi connectivity index (χ1v) is 9.24. The number of hydrogen-bond donors (Lipinski definition) is 0. The van der Waals surface area contributed by atoms with E-state index in [0.29, 0.717) is 11.6 Å². The smallest absolute Gasteiger partial charge is 0.137 e. The first-order valence-electron chi connectivity index (χ1n) is 4.99. The van der Waals surface area contributed by atoms with Crippen LogP contribution in [0.1, 0.15) is 6.92 Å². The maximum atomic E-state index is 6.30. The molecule has 1 aromatic carbocycles. The Morgan fingerprint density at radius 3 is 2.27 bits per heavy atom. The Morgan fingerprint density at radius 1 is 1.20 bits per heavy atom. The van der Waals surface area contributed by atoms with Crippen LogP contribution in [0.15, 0.2) is 12.1 Å². The average molecular weight is 263 g/mol. The highest BCUT2D eigenvalue weighted by Gasteiger charge is 2.25. The molecular formula is C11H16Cl2OSi. The third-order valence-electron chi connectivity index (χ3n) is 2.11. The summed E-state index contributed by atoms with van der Waals surface area (Å²) in [6.07, 6.45) is 0. The van der Waals surface area contributed by atoms with Crippen molar-refractivity contribution >= 4 is 36.5 Å². The maximum Gasteiger partial charge on any atom is 0.137 e. The van der Waals surface area contributed by atoms with E-state index in [2.05, 4.69) is 19.6 Å². The van der Waals surface area contributed by atoms with Crippen molar-refractivity contribution in [1.29, 1.82) is 0 Å². The largest absolute Gasteiger partial charge is 0.492 e. The molecule has 1 rings (SSSR count). The van der Waals surface area contributed by atoms with E-state index in [9.17, 15) is 0 Å². The molecule has 0 spiro atoms. The fourth-order valence-corrected chi connectivity index (χ4v) is 5.20. The zero-order valence-electron chi connectivity index (χ0n) is 9.53. The van der Waals surface area contributed by atoms with Crippen molar-refractivity contribution in [1.82, 2.24) is 0 Å². The second-order valence-corrected chi connectivity index (χ2v) is 10.2. The molecule has 0 bridgehead atoms. The van der Waals surface area contributed by atoms with Gasteiger partial charge in [0.1, 0.15) is 5.75 Å². The molecule has 0 heterocycles. The predicted molar refractivity (Wildman–Crippen MR) is 70.6 cm³/mol. The van der Waals surface area contributed by atoms with Crippen LogP contribution in [0.4, 0.5) is 0 Å². The SMILES string of the molecule is CCOc1ccc(Cl)c([Si](C)(C)C)c1Cl. The molecule has 0 fully saturated rings. The summed E-state index contributed by atoms with van der Waals surface area (Å²) in [5, 5.41) is 2.52. The van der Waals surface area contributed by atoms with Crippen molar-refractivity contribution in [2.75, 3.05) is 6.61 Å². The van der Waals surface area contributed by atoms with Crippen molar-refractivity contribution in [3.05, 3.63) is 22.2 Å². The topological polar surface area (TPSA) is 9.23 Å². The van der Waals surface area contributed by atoms with Crippen molar-refractivity contribution in [3.8, 4) is 5.75 Å². The Morgan fingerprint density at radius 2 is 1.80 bits per heavy atom. The molecule has 1 nitrogen and oxygen atoms in total. The summed E-state index contributed by atoms with van der Waals surface area (Å²) in [6, 6.07) is 3.70. The Hall–Kier alpha value is -0.183. The van der Waals surface area contributed by atoms with Gasteiger partial charge in [-0.05, 0) is 24.2 Å². The van der Waals surface area contributed by atoms with E-state index in [1.54, 1.807) is 0 Å². The molecule has 1 aromatic rings. The third-order valence-corrected chi connectivity index (χ3v) is 5.13. The van der Waals surface area contributed by atoms with Crippen molar-refractivity contribution in [2.24, 2.45) is 0 Å². The predicted octanol–water partition coefficient (Wildman–Crippen LogP) is 3.94. The number of hydrogen-bond acceptors (Lipinski definition) is 1. The van der Waals surface area contributed by atoms with E-state index in [1.165, 1.54) is 0 Å². The van der Waals surface area contributed by atoms with Crippen LogP contribution in [0.25, 0.3) is 0 Å². The van der Waals surface area contributed by atoms with Crippen LogP contribution in [-0.2, 0) is 0 Å². The van der Waals surface area contributed by atoms with E-state index in [-0.39, 0.29) is 0 Å². The molecule has 0 saturated carbocycles. The van der Waals surface area contributed by atoms with Gasteiger partial charge in [0.05, 0.1) is 19.7 Å². The minimum absolute atomic E-state index is 0.618. The van der Waals surface area contributed by atoms with Crippen LogP contribution in [0.3, 0.4) is 0 Å². The summed E-state index contributed by atoms with van der Waals surface area (Å²) in [7, 11) is -1.53. The molecule has 0 N–H and O–H groups in total. The molecule has 0 saturated heterocycles. The van der Waals surface area contributed by atoms with Crippen molar-refractivity contribution in [3.63, 3.8) is 0 Å². The average Bonchev–Trinajstić information content (AvgIpc) is 2.08. The van der Waals surface area contributed by atoms with Crippen LogP contribution in [0.5, 0.6) is 5.75 Å². The first-order chi connectivity index (χ1) is 6.88. The van der Waals surface area contributed by atoms with Gasteiger partial charge in [0.15, 0.2) is 0 Å². The van der Waals surface area contributed by atoms with E-state index < -0.39 is 8.07 Å². The number of halogens is 2. The maximum absolute atomic E-state index is 6.30. The lowest BCUT2D eigenvalue weighted by molar-refractivity contribution is 0.340. The summed E-state index contributed by atoms with van der Waals surface area (Å²) in [5.41, 5.74) is 0. The van der Waals surface area contributed by atoms with Gasteiger partial charge in [-0.1, -0.05) is 42.8 Å². The summed E-state index contributed by atoms with van der Waals surface area (Å²) < 4.78 is 5.46. The minimum Gasteiger partial charge on any atom is -0.492 e. The Balaban J connectivity index is 3.30. The summed E-state index contributed by atoms with van der Waals surface area (Å²) in [4.78, 5) is 0. The monoisotopic (exact) mass is 262 g/mol. The molecule has 0 amide bonds. The standard InChI is InChI=1S/C11H16Cl2OSi/c1-5-14-9-7-6-8(12)11(10(9)13)15(2,3)4/h6-7H,5H2,1-4H3. The second-order valence-electron chi connectivity index (χ2n) is 4.42. The van der Waals surface area contributed by atoms with E-state index in [4.69, 9.17) is 27.9 Å². The fraction of sp³-hybridized carbons (Fsp3) is 0.455. The Labute approximate surface area is 102 Å². The van der Waals surface area contributed by atoms with E-state index in [0.717, 1.165) is 16.0 Å². The number of ether oxygens (including phenoxy) is 1. The molecule has 0 aliphatic carbocycles. The lowest BCUT2D eigenvalue weighted by Crippen LogP contribution is -2.39. The molecule has 0 aliphatic rings. The first kappa shape index (κ1) is 12.9. The van der Waals surface area contributed by atoms with Crippen molar-refractivity contribution < 1.29 is 4.74 Å². The summed E-state index contributed by atoms with van der Waals surface area (Å²) in [6.45, 7) is 9.22. The molecule has 4 heteroatoms. The van der Waals surface area contributed by atoms with Gasteiger partial charge in [-0.3, -0.25) is 0 Å². The van der Waals surface area contributed by atoms with Crippen LogP contribution in [-0.4, -0.2) is 14.7 Å². The molecule has 0 unspecified atom stereocenters. The van der Waals surface area contributed by atoms with Gasteiger partial charge in [-0.2, -0.15) is 0 Å². The van der Waals surface area contributed by atoms with Gasteiger partial charge in [-0.25, -0.2) is 0 Å². The van der Waals surface area contributed by atoms with Crippen molar-refractivity contribution in [2.45, 2.75) is 26.6 Å². The van der Waals surface area contributed by atoms with Crippen LogP contribution >= 0.6 is 23.2 Å². The van der Waals surface area contributed by atoms with Gasteiger partial charge in [-0.15, -0.1) is 0 Å². The Bertz CT molecular complexity index is 358. The highest BCUT2D eigenvalue weighted by Crippen LogP contribution is 2.28. The molecule has 84 valence electrons. The highest BCUT2D eigenvalue weighted by molar-refractivity contribution is 6.91. The Kier molecular flexibility index (Phi) is 4.10. The normalized spacial score (nSPS) is 11.6. The van der Waals surface area contributed by atoms with E-state index >= 15 is 0 Å². The van der Waals surface area contributed by atoms with Gasteiger partial charge in [0.2, 0.25) is 0 Å². The molecule has 0 aliphatic heterocycles. The summed E-state index contributed by atoms with van der Waals surface area (Å²) >= 11 is 12.5. The fourth-order valence-electron chi connectivity index (χ4n) is 1.49. The highest BCUT2D eigenvalue weighted by atomic mass is 35.5. The van der Waals surface area contributed by atoms with Gasteiger partial charge in [0, 0.05) is 5.02 Å². The molecule has 0 atom stereocenters. The van der Waals surface area contributed by atoms with Crippen LogP contribution in [0, 0.1) is 0 Å². The van der Waals surface area contributed by atoms with Crippen LogP contribution in [0.2, 0.25) is 29.7 Å².